The van der Waals surface area contributed by atoms with Crippen LogP contribution in [0.25, 0.3) is 0 Å². The van der Waals surface area contributed by atoms with E-state index in [2.05, 4.69) is 10.6 Å². The van der Waals surface area contributed by atoms with Gasteiger partial charge >= 0.3 is 6.18 Å². The number of anilines is 1. The number of hydrogen-bond donors (Lipinski definition) is 2. The average molecular weight is 397 g/mol. The summed E-state index contributed by atoms with van der Waals surface area (Å²) in [5, 5.41) is 6.28. The molecule has 0 bridgehead atoms. The van der Waals surface area contributed by atoms with Gasteiger partial charge in [0.1, 0.15) is 0 Å². The van der Waals surface area contributed by atoms with Gasteiger partial charge in [-0.2, -0.15) is 13.2 Å². The summed E-state index contributed by atoms with van der Waals surface area (Å²) < 4.78 is 39.2. The third-order valence-electron chi connectivity index (χ3n) is 4.95. The third kappa shape index (κ3) is 4.62. The maximum absolute atomic E-state index is 13.1. The molecule has 1 amide bonds. The van der Waals surface area contributed by atoms with Gasteiger partial charge in [-0.25, -0.2) is 0 Å². The van der Waals surface area contributed by atoms with Gasteiger partial charge in [0.05, 0.1) is 17.8 Å². The Kier molecular flexibility index (Phi) is 5.77. The van der Waals surface area contributed by atoms with E-state index in [9.17, 15) is 18.0 Å². The van der Waals surface area contributed by atoms with Crippen LogP contribution in [-0.4, -0.2) is 12.5 Å². The number of alkyl halides is 3. The molecule has 7 heteroatoms. The zero-order valence-corrected chi connectivity index (χ0v) is 15.3. The number of rotatable bonds is 5. The molecule has 144 valence electrons. The minimum absolute atomic E-state index is 0.0746. The number of para-hydroxylation sites is 1. The van der Waals surface area contributed by atoms with E-state index in [-0.39, 0.29) is 17.8 Å². The summed E-state index contributed by atoms with van der Waals surface area (Å²) in [7, 11) is 0. The molecule has 1 aliphatic carbocycles. The molecule has 1 fully saturated rings. The summed E-state index contributed by atoms with van der Waals surface area (Å²) in [4.78, 5) is 12.3. The van der Waals surface area contributed by atoms with Crippen LogP contribution in [-0.2, 0) is 16.5 Å². The molecular formula is C20H20ClF3N2O. The SMILES string of the molecule is O=C(CNC1(c2ccc(Cl)cc2)CCCC1)Nc1ccccc1C(F)(F)F. The highest BCUT2D eigenvalue weighted by Crippen LogP contribution is 2.39. The molecule has 3 rings (SSSR count). The number of amides is 1. The second-order valence-corrected chi connectivity index (χ2v) is 7.18. The van der Waals surface area contributed by atoms with Gasteiger partial charge in [0.25, 0.3) is 0 Å². The van der Waals surface area contributed by atoms with Crippen molar-refractivity contribution >= 4 is 23.2 Å². The van der Waals surface area contributed by atoms with Crippen molar-refractivity contribution in [3.63, 3.8) is 0 Å². The molecule has 0 aliphatic heterocycles. The van der Waals surface area contributed by atoms with Crippen LogP contribution in [0.1, 0.15) is 36.8 Å². The van der Waals surface area contributed by atoms with Crippen molar-refractivity contribution < 1.29 is 18.0 Å². The van der Waals surface area contributed by atoms with Gasteiger partial charge in [-0.1, -0.05) is 48.7 Å². The number of carbonyl (C=O) groups excluding carboxylic acids is 1. The van der Waals surface area contributed by atoms with Crippen LogP contribution in [0.15, 0.2) is 48.5 Å². The predicted octanol–water partition coefficient (Wildman–Crippen LogP) is 5.36. The Hall–Kier alpha value is -2.05. The third-order valence-corrected chi connectivity index (χ3v) is 5.20. The Morgan fingerprint density at radius 1 is 1.04 bits per heavy atom. The Morgan fingerprint density at radius 2 is 1.67 bits per heavy atom. The Labute approximate surface area is 160 Å². The first-order valence-electron chi connectivity index (χ1n) is 8.77. The number of halogens is 4. The highest BCUT2D eigenvalue weighted by Gasteiger charge is 2.36. The summed E-state index contributed by atoms with van der Waals surface area (Å²) in [6, 6.07) is 12.4. The maximum Gasteiger partial charge on any atom is 0.418 e. The second-order valence-electron chi connectivity index (χ2n) is 6.74. The lowest BCUT2D eigenvalue weighted by Gasteiger charge is -2.31. The number of hydrogen-bond acceptors (Lipinski definition) is 2. The highest BCUT2D eigenvalue weighted by molar-refractivity contribution is 6.30. The van der Waals surface area contributed by atoms with E-state index in [0.29, 0.717) is 5.02 Å². The summed E-state index contributed by atoms with van der Waals surface area (Å²) >= 11 is 5.96. The molecule has 0 saturated heterocycles. The van der Waals surface area contributed by atoms with E-state index >= 15 is 0 Å². The number of carbonyl (C=O) groups is 1. The Morgan fingerprint density at radius 3 is 2.30 bits per heavy atom. The van der Waals surface area contributed by atoms with Crippen LogP contribution in [0, 0.1) is 0 Å². The molecule has 0 aromatic heterocycles. The first kappa shape index (κ1) is 19.7. The second kappa shape index (κ2) is 7.90. The monoisotopic (exact) mass is 396 g/mol. The fourth-order valence-corrected chi connectivity index (χ4v) is 3.72. The molecule has 0 unspecified atom stereocenters. The van der Waals surface area contributed by atoms with Crippen molar-refractivity contribution in [3.05, 3.63) is 64.7 Å². The fourth-order valence-electron chi connectivity index (χ4n) is 3.60. The van der Waals surface area contributed by atoms with Gasteiger partial charge in [0, 0.05) is 10.6 Å². The largest absolute Gasteiger partial charge is 0.418 e. The lowest BCUT2D eigenvalue weighted by atomic mass is 9.88. The predicted molar refractivity (Wildman–Crippen MR) is 99.7 cm³/mol. The zero-order valence-electron chi connectivity index (χ0n) is 14.6. The highest BCUT2D eigenvalue weighted by atomic mass is 35.5. The molecule has 2 N–H and O–H groups in total. The topological polar surface area (TPSA) is 41.1 Å². The van der Waals surface area contributed by atoms with Crippen LogP contribution in [0.5, 0.6) is 0 Å². The molecule has 0 heterocycles. The number of nitrogens with one attached hydrogen (secondary N) is 2. The standard InChI is InChI=1S/C20H20ClF3N2O/c21-15-9-7-14(8-10-15)19(11-3-4-12-19)25-13-18(27)26-17-6-2-1-5-16(17)20(22,23)24/h1-2,5-10,25H,3-4,11-13H2,(H,26,27). The minimum atomic E-state index is -4.52. The minimum Gasteiger partial charge on any atom is -0.324 e. The normalized spacial score (nSPS) is 16.3. The van der Waals surface area contributed by atoms with Gasteiger partial charge in [-0.3, -0.25) is 10.1 Å². The molecule has 1 aliphatic rings. The quantitative estimate of drug-likeness (QED) is 0.714. The summed E-state index contributed by atoms with van der Waals surface area (Å²) in [5.74, 6) is -0.507. The van der Waals surface area contributed by atoms with E-state index < -0.39 is 17.6 Å². The van der Waals surface area contributed by atoms with E-state index in [1.54, 1.807) is 12.1 Å². The lowest BCUT2D eigenvalue weighted by Crippen LogP contribution is -2.44. The molecule has 2 aromatic carbocycles. The zero-order chi connectivity index (χ0) is 19.5. The Bertz CT molecular complexity index is 800. The average Bonchev–Trinajstić information content (AvgIpc) is 3.10. The van der Waals surface area contributed by atoms with Crippen LogP contribution < -0.4 is 10.6 Å². The maximum atomic E-state index is 13.1. The molecular weight excluding hydrogens is 377 g/mol. The van der Waals surface area contributed by atoms with E-state index in [0.717, 1.165) is 37.3 Å². The van der Waals surface area contributed by atoms with Crippen LogP contribution in [0.4, 0.5) is 18.9 Å². The molecule has 3 nitrogen and oxygen atoms in total. The van der Waals surface area contributed by atoms with Crippen LogP contribution in [0.2, 0.25) is 5.02 Å². The Balaban J connectivity index is 1.70. The molecule has 27 heavy (non-hydrogen) atoms. The summed E-state index contributed by atoms with van der Waals surface area (Å²) in [6.45, 7) is -0.0746. The molecule has 0 radical (unpaired) electrons. The van der Waals surface area contributed by atoms with Gasteiger partial charge in [-0.15, -0.1) is 0 Å². The van der Waals surface area contributed by atoms with E-state index in [1.165, 1.54) is 18.2 Å². The number of benzene rings is 2. The fraction of sp³-hybridized carbons (Fsp3) is 0.350. The van der Waals surface area contributed by atoms with Crippen molar-refractivity contribution in [1.82, 2.24) is 5.32 Å². The van der Waals surface area contributed by atoms with E-state index in [1.807, 2.05) is 12.1 Å². The van der Waals surface area contributed by atoms with Crippen molar-refractivity contribution in [2.45, 2.75) is 37.4 Å². The van der Waals surface area contributed by atoms with Gasteiger partial charge in [0.2, 0.25) is 5.91 Å². The van der Waals surface area contributed by atoms with Crippen LogP contribution in [0.3, 0.4) is 0 Å². The van der Waals surface area contributed by atoms with Gasteiger partial charge < -0.3 is 5.32 Å². The molecule has 0 atom stereocenters. The van der Waals surface area contributed by atoms with Crippen molar-refractivity contribution in [1.29, 1.82) is 0 Å². The first-order chi connectivity index (χ1) is 12.8. The first-order valence-corrected chi connectivity index (χ1v) is 9.15. The summed E-state index contributed by atoms with van der Waals surface area (Å²) in [5.41, 5.74) is -0.408. The van der Waals surface area contributed by atoms with Crippen molar-refractivity contribution in [2.75, 3.05) is 11.9 Å². The summed E-state index contributed by atoms with van der Waals surface area (Å²) in [6.07, 6.45) is -0.752. The smallest absolute Gasteiger partial charge is 0.324 e. The van der Waals surface area contributed by atoms with Crippen LogP contribution >= 0.6 is 11.6 Å². The van der Waals surface area contributed by atoms with E-state index in [4.69, 9.17) is 11.6 Å². The molecule has 0 spiro atoms. The lowest BCUT2D eigenvalue weighted by molar-refractivity contribution is -0.137. The van der Waals surface area contributed by atoms with Gasteiger partial charge in [-0.05, 0) is 42.7 Å². The van der Waals surface area contributed by atoms with Gasteiger partial charge in [0.15, 0.2) is 0 Å². The van der Waals surface area contributed by atoms with Crippen molar-refractivity contribution in [2.24, 2.45) is 0 Å². The van der Waals surface area contributed by atoms with Crippen molar-refractivity contribution in [3.8, 4) is 0 Å². The molecule has 2 aromatic rings. The molecule has 1 saturated carbocycles.